The van der Waals surface area contributed by atoms with Gasteiger partial charge in [0.1, 0.15) is 0 Å². The zero-order valence-electron chi connectivity index (χ0n) is 16.3. The van der Waals surface area contributed by atoms with E-state index in [0.29, 0.717) is 23.3 Å². The summed E-state index contributed by atoms with van der Waals surface area (Å²) in [7, 11) is 0.574. The topological polar surface area (TPSA) is 57.7 Å². The lowest BCUT2D eigenvalue weighted by Gasteiger charge is -2.38. The molecule has 2 unspecified atom stereocenters. The van der Waals surface area contributed by atoms with Crippen LogP contribution in [0.25, 0.3) is 0 Å². The fraction of sp³-hybridized carbons (Fsp3) is 0.409. The molecule has 148 valence electrons. The fourth-order valence-corrected chi connectivity index (χ4v) is 6.44. The molecule has 2 aromatic rings. The summed E-state index contributed by atoms with van der Waals surface area (Å²) in [5.41, 5.74) is 1.72. The van der Waals surface area contributed by atoms with E-state index in [4.69, 9.17) is 0 Å². The standard InChI is InChI=1S/C22H26N2O3S/c1-23(2)17-10-8-16(9-11-17)22(25)24-18-12-13-19(24)15-21(14-18)28(26,27)20-6-4-3-5-7-20/h3-11,18-19,21H,12-15H2,1-2H3. The molecule has 0 aliphatic carbocycles. The Kier molecular flexibility index (Phi) is 4.91. The highest BCUT2D eigenvalue weighted by Gasteiger charge is 2.47. The molecule has 6 heteroatoms. The Morgan fingerprint density at radius 1 is 0.929 bits per heavy atom. The molecule has 2 fully saturated rings. The first-order valence-electron chi connectivity index (χ1n) is 9.77. The number of rotatable bonds is 4. The molecule has 2 heterocycles. The minimum absolute atomic E-state index is 0.00302. The van der Waals surface area contributed by atoms with Crippen molar-refractivity contribution in [2.24, 2.45) is 0 Å². The number of fused-ring (bicyclic) bond motifs is 2. The van der Waals surface area contributed by atoms with Gasteiger partial charge in [-0.25, -0.2) is 8.42 Å². The van der Waals surface area contributed by atoms with Crippen LogP contribution in [-0.2, 0) is 9.84 Å². The molecule has 2 aliphatic rings. The van der Waals surface area contributed by atoms with Gasteiger partial charge in [-0.2, -0.15) is 0 Å². The zero-order chi connectivity index (χ0) is 19.9. The summed E-state index contributed by atoms with van der Waals surface area (Å²) in [6.45, 7) is 0. The van der Waals surface area contributed by atoms with Crippen LogP contribution >= 0.6 is 0 Å². The van der Waals surface area contributed by atoms with Gasteiger partial charge >= 0.3 is 0 Å². The smallest absolute Gasteiger partial charge is 0.254 e. The molecular weight excluding hydrogens is 372 g/mol. The second-order valence-electron chi connectivity index (χ2n) is 7.99. The Balaban J connectivity index is 1.53. The van der Waals surface area contributed by atoms with Crippen molar-refractivity contribution >= 4 is 21.4 Å². The van der Waals surface area contributed by atoms with E-state index in [1.807, 2.05) is 54.2 Å². The summed E-state index contributed by atoms with van der Waals surface area (Å²) >= 11 is 0. The van der Waals surface area contributed by atoms with Gasteiger partial charge in [0.2, 0.25) is 0 Å². The molecule has 0 spiro atoms. The van der Waals surface area contributed by atoms with E-state index < -0.39 is 15.1 Å². The average Bonchev–Trinajstić information content (AvgIpc) is 2.97. The zero-order valence-corrected chi connectivity index (χ0v) is 17.1. The number of piperidine rings is 1. The predicted octanol–water partition coefficient (Wildman–Crippen LogP) is 3.36. The quantitative estimate of drug-likeness (QED) is 0.792. The third-order valence-electron chi connectivity index (χ3n) is 6.07. The highest BCUT2D eigenvalue weighted by Crippen LogP contribution is 2.40. The van der Waals surface area contributed by atoms with Gasteiger partial charge in [0.25, 0.3) is 5.91 Å². The van der Waals surface area contributed by atoms with Crippen molar-refractivity contribution in [3.8, 4) is 0 Å². The van der Waals surface area contributed by atoms with Gasteiger partial charge in [-0.15, -0.1) is 0 Å². The summed E-state index contributed by atoms with van der Waals surface area (Å²) in [6.07, 6.45) is 2.81. The maximum absolute atomic E-state index is 13.1. The molecule has 2 bridgehead atoms. The van der Waals surface area contributed by atoms with Crippen LogP contribution in [0.15, 0.2) is 59.5 Å². The number of anilines is 1. The Morgan fingerprint density at radius 2 is 1.50 bits per heavy atom. The number of carbonyl (C=O) groups is 1. The molecule has 1 amide bonds. The van der Waals surface area contributed by atoms with Crippen molar-refractivity contribution < 1.29 is 13.2 Å². The lowest BCUT2D eigenvalue weighted by Crippen LogP contribution is -2.49. The van der Waals surface area contributed by atoms with Gasteiger partial charge in [0.15, 0.2) is 9.84 Å². The second-order valence-corrected chi connectivity index (χ2v) is 10.2. The number of hydrogen-bond donors (Lipinski definition) is 0. The maximum Gasteiger partial charge on any atom is 0.254 e. The normalized spacial score (nSPS) is 24.2. The van der Waals surface area contributed by atoms with E-state index in [1.54, 1.807) is 24.3 Å². The van der Waals surface area contributed by atoms with Crippen LogP contribution < -0.4 is 4.90 Å². The van der Waals surface area contributed by atoms with E-state index in [9.17, 15) is 13.2 Å². The van der Waals surface area contributed by atoms with Gasteiger partial charge in [-0.1, -0.05) is 18.2 Å². The summed E-state index contributed by atoms with van der Waals surface area (Å²) in [5, 5.41) is -0.410. The molecule has 2 atom stereocenters. The van der Waals surface area contributed by atoms with E-state index in [2.05, 4.69) is 0 Å². The average molecular weight is 399 g/mol. The molecule has 2 saturated heterocycles. The molecule has 2 aliphatic heterocycles. The summed E-state index contributed by atoms with van der Waals surface area (Å²) in [4.78, 5) is 17.5. The molecule has 0 aromatic heterocycles. The monoisotopic (exact) mass is 398 g/mol. The Bertz CT molecular complexity index is 941. The molecule has 4 rings (SSSR count). The molecular formula is C22H26N2O3S. The highest BCUT2D eigenvalue weighted by molar-refractivity contribution is 7.92. The second kappa shape index (κ2) is 7.24. The Morgan fingerprint density at radius 3 is 2.04 bits per heavy atom. The van der Waals surface area contributed by atoms with Gasteiger partial charge in [0, 0.05) is 37.4 Å². The lowest BCUT2D eigenvalue weighted by molar-refractivity contribution is 0.0598. The first-order valence-corrected chi connectivity index (χ1v) is 11.3. The van der Waals surface area contributed by atoms with Crippen molar-refractivity contribution in [3.63, 3.8) is 0 Å². The third kappa shape index (κ3) is 3.30. The summed E-state index contributed by atoms with van der Waals surface area (Å²) in [6, 6.07) is 16.3. The number of amides is 1. The first kappa shape index (κ1) is 19.0. The Labute approximate surface area is 166 Å². The van der Waals surface area contributed by atoms with Crippen molar-refractivity contribution in [2.45, 2.75) is 47.9 Å². The van der Waals surface area contributed by atoms with E-state index in [-0.39, 0.29) is 18.0 Å². The largest absolute Gasteiger partial charge is 0.378 e. The van der Waals surface area contributed by atoms with Gasteiger partial charge in [-0.3, -0.25) is 4.79 Å². The number of nitrogens with zero attached hydrogens (tertiary/aromatic N) is 2. The van der Waals surface area contributed by atoms with Gasteiger partial charge < -0.3 is 9.80 Å². The first-order chi connectivity index (χ1) is 13.4. The molecule has 0 radical (unpaired) electrons. The summed E-state index contributed by atoms with van der Waals surface area (Å²) < 4.78 is 26.1. The maximum atomic E-state index is 13.1. The SMILES string of the molecule is CN(C)c1ccc(C(=O)N2C3CCC2CC(S(=O)(=O)c2ccccc2)C3)cc1. The van der Waals surface area contributed by atoms with Gasteiger partial charge in [0.05, 0.1) is 10.1 Å². The predicted molar refractivity (Wildman–Crippen MR) is 110 cm³/mol. The number of carbonyl (C=O) groups excluding carboxylic acids is 1. The number of sulfone groups is 1. The number of benzene rings is 2. The fourth-order valence-electron chi connectivity index (χ4n) is 4.57. The third-order valence-corrected chi connectivity index (χ3v) is 8.26. The van der Waals surface area contributed by atoms with Crippen molar-refractivity contribution in [1.82, 2.24) is 4.90 Å². The van der Waals surface area contributed by atoms with E-state index >= 15 is 0 Å². The van der Waals surface area contributed by atoms with Crippen molar-refractivity contribution in [3.05, 3.63) is 60.2 Å². The highest BCUT2D eigenvalue weighted by atomic mass is 32.2. The lowest BCUT2D eigenvalue weighted by atomic mass is 10.0. The van der Waals surface area contributed by atoms with Crippen LogP contribution in [0, 0.1) is 0 Å². The Hall–Kier alpha value is -2.34. The van der Waals surface area contributed by atoms with Crippen LogP contribution in [0.1, 0.15) is 36.0 Å². The minimum atomic E-state index is -3.36. The van der Waals surface area contributed by atoms with Crippen molar-refractivity contribution in [2.75, 3.05) is 19.0 Å². The van der Waals surface area contributed by atoms with E-state index in [0.717, 1.165) is 18.5 Å². The van der Waals surface area contributed by atoms with Crippen molar-refractivity contribution in [1.29, 1.82) is 0 Å². The van der Waals surface area contributed by atoms with Crippen LogP contribution in [0.4, 0.5) is 5.69 Å². The van der Waals surface area contributed by atoms with Crippen LogP contribution in [0.5, 0.6) is 0 Å². The minimum Gasteiger partial charge on any atom is -0.378 e. The molecule has 5 nitrogen and oxygen atoms in total. The van der Waals surface area contributed by atoms with Crippen LogP contribution in [-0.4, -0.2) is 50.7 Å². The van der Waals surface area contributed by atoms with Gasteiger partial charge in [-0.05, 0) is 62.1 Å². The summed E-state index contributed by atoms with van der Waals surface area (Å²) in [5.74, 6) is 0.0216. The van der Waals surface area contributed by atoms with E-state index in [1.165, 1.54) is 0 Å². The molecule has 0 N–H and O–H groups in total. The van der Waals surface area contributed by atoms with Crippen LogP contribution in [0.3, 0.4) is 0 Å². The molecule has 2 aromatic carbocycles. The van der Waals surface area contributed by atoms with Crippen LogP contribution in [0.2, 0.25) is 0 Å². The number of hydrogen-bond acceptors (Lipinski definition) is 4. The molecule has 28 heavy (non-hydrogen) atoms. The molecule has 0 saturated carbocycles.